The van der Waals surface area contributed by atoms with E-state index in [0.29, 0.717) is 11.3 Å². The smallest absolute Gasteiger partial charge is 0.276 e. The molecule has 0 atom stereocenters. The average Bonchev–Trinajstić information content (AvgIpc) is 2.87. The first-order chi connectivity index (χ1) is 8.06. The molecule has 0 bridgehead atoms. The highest BCUT2D eigenvalue weighted by atomic mass is 32.9. The molecule has 0 unspecified atom stereocenters. The van der Waals surface area contributed by atoms with Gasteiger partial charge >= 0.3 is 0 Å². The number of allylic oxidation sites excluding steroid dienone is 1. The van der Waals surface area contributed by atoms with Gasteiger partial charge < -0.3 is 9.88 Å². The Labute approximate surface area is 106 Å². The van der Waals surface area contributed by atoms with Crippen LogP contribution < -0.4 is 10.9 Å². The Morgan fingerprint density at radius 3 is 2.88 bits per heavy atom. The summed E-state index contributed by atoms with van der Waals surface area (Å²) in [5.41, 5.74) is 1.70. The monoisotopic (exact) mass is 268 g/mol. The van der Waals surface area contributed by atoms with Crippen LogP contribution in [-0.4, -0.2) is 10.5 Å². The van der Waals surface area contributed by atoms with E-state index in [4.69, 9.17) is 0 Å². The lowest BCUT2D eigenvalue weighted by Crippen LogP contribution is -2.20. The van der Waals surface area contributed by atoms with Crippen molar-refractivity contribution in [3.05, 3.63) is 27.4 Å². The van der Waals surface area contributed by atoms with E-state index < -0.39 is 0 Å². The third kappa shape index (κ3) is 1.94. The van der Waals surface area contributed by atoms with Gasteiger partial charge in [-0.3, -0.25) is 9.59 Å². The zero-order valence-corrected chi connectivity index (χ0v) is 11.4. The zero-order chi connectivity index (χ0) is 12.6. The Morgan fingerprint density at radius 2 is 2.24 bits per heavy atom. The maximum atomic E-state index is 11.9. The fourth-order valence-corrected chi connectivity index (χ4v) is 3.74. The number of fused-ring (bicyclic) bond motifs is 1. The number of anilines is 1. The first-order valence-corrected chi connectivity index (χ1v) is 7.28. The SMILES string of the molecule is CC=C(C)C(=O)Nc1c2sscc-2n(C)c1=O. The largest absolute Gasteiger partial charge is 0.316 e. The van der Waals surface area contributed by atoms with Gasteiger partial charge in [0.2, 0.25) is 0 Å². The molecule has 2 rings (SSSR count). The van der Waals surface area contributed by atoms with Crippen molar-refractivity contribution >= 4 is 32.3 Å². The lowest BCUT2D eigenvalue weighted by atomic mass is 10.2. The summed E-state index contributed by atoms with van der Waals surface area (Å²) in [5, 5.41) is 4.60. The van der Waals surface area contributed by atoms with Crippen molar-refractivity contribution in [3.8, 4) is 10.6 Å². The van der Waals surface area contributed by atoms with E-state index in [1.54, 1.807) is 41.9 Å². The van der Waals surface area contributed by atoms with E-state index >= 15 is 0 Å². The third-order valence-electron chi connectivity index (χ3n) is 2.66. The lowest BCUT2D eigenvalue weighted by molar-refractivity contribution is -0.112. The zero-order valence-electron chi connectivity index (χ0n) is 9.73. The van der Waals surface area contributed by atoms with Crippen LogP contribution in [0.2, 0.25) is 0 Å². The number of nitrogens with zero attached hydrogens (tertiary/aromatic N) is 1. The van der Waals surface area contributed by atoms with Crippen LogP contribution in [0.15, 0.2) is 21.8 Å². The summed E-state index contributed by atoms with van der Waals surface area (Å²) in [4.78, 5) is 24.5. The van der Waals surface area contributed by atoms with Crippen LogP contribution in [0.4, 0.5) is 5.69 Å². The van der Waals surface area contributed by atoms with Crippen LogP contribution in [0, 0.1) is 0 Å². The Kier molecular flexibility index (Phi) is 3.17. The summed E-state index contributed by atoms with van der Waals surface area (Å²) >= 11 is 0. The van der Waals surface area contributed by atoms with Crippen LogP contribution in [0.5, 0.6) is 0 Å². The molecule has 6 heteroatoms. The van der Waals surface area contributed by atoms with Crippen LogP contribution in [0.1, 0.15) is 13.8 Å². The van der Waals surface area contributed by atoms with Gasteiger partial charge in [-0.25, -0.2) is 0 Å². The molecule has 0 aromatic rings. The second kappa shape index (κ2) is 4.46. The van der Waals surface area contributed by atoms with Gasteiger partial charge in [0.1, 0.15) is 5.69 Å². The summed E-state index contributed by atoms with van der Waals surface area (Å²) in [6, 6.07) is 0. The summed E-state index contributed by atoms with van der Waals surface area (Å²) < 4.78 is 1.56. The molecular weight excluding hydrogens is 256 g/mol. The number of hydrogen-bond donors (Lipinski definition) is 1. The van der Waals surface area contributed by atoms with E-state index in [1.165, 1.54) is 10.3 Å². The fourth-order valence-electron chi connectivity index (χ4n) is 1.44. The minimum Gasteiger partial charge on any atom is -0.316 e. The lowest BCUT2D eigenvalue weighted by Gasteiger charge is -2.01. The quantitative estimate of drug-likeness (QED) is 0.672. The maximum absolute atomic E-state index is 11.9. The predicted molar refractivity (Wildman–Crippen MR) is 72.1 cm³/mol. The molecule has 2 aliphatic heterocycles. The molecule has 90 valence electrons. The summed E-state index contributed by atoms with van der Waals surface area (Å²) in [6.07, 6.45) is 1.72. The van der Waals surface area contributed by atoms with E-state index in [2.05, 4.69) is 5.32 Å². The van der Waals surface area contributed by atoms with Crippen molar-refractivity contribution in [1.82, 2.24) is 4.57 Å². The van der Waals surface area contributed by atoms with Gasteiger partial charge in [-0.15, -0.1) is 0 Å². The highest BCUT2D eigenvalue weighted by molar-refractivity contribution is 7.70. The second-order valence-corrected chi connectivity index (χ2v) is 5.76. The van der Waals surface area contributed by atoms with E-state index in [1.807, 2.05) is 5.38 Å². The van der Waals surface area contributed by atoms with Crippen LogP contribution >= 0.6 is 20.7 Å². The van der Waals surface area contributed by atoms with Crippen molar-refractivity contribution in [3.63, 3.8) is 0 Å². The molecule has 0 spiro atoms. The number of carbonyl (C=O) groups is 1. The number of carbonyl (C=O) groups excluding carboxylic acids is 1. The van der Waals surface area contributed by atoms with Crippen LogP contribution in [-0.2, 0) is 11.8 Å². The normalized spacial score (nSPS) is 12.1. The average molecular weight is 268 g/mol. The van der Waals surface area contributed by atoms with Gasteiger partial charge in [0.05, 0.1) is 10.6 Å². The number of amides is 1. The van der Waals surface area contributed by atoms with Gasteiger partial charge in [-0.05, 0) is 13.8 Å². The molecule has 0 aromatic carbocycles. The highest BCUT2D eigenvalue weighted by Gasteiger charge is 2.22. The van der Waals surface area contributed by atoms with Gasteiger partial charge in [-0.1, -0.05) is 26.8 Å². The van der Waals surface area contributed by atoms with Crippen molar-refractivity contribution < 1.29 is 4.79 Å². The number of hydrogen-bond acceptors (Lipinski definition) is 4. The fraction of sp³-hybridized carbons (Fsp3) is 0.273. The Balaban J connectivity index is 2.44. The molecule has 2 aliphatic rings. The number of nitrogens with one attached hydrogen (secondary N) is 1. The minimum atomic E-state index is -0.226. The van der Waals surface area contributed by atoms with E-state index in [9.17, 15) is 9.59 Å². The standard InChI is InChI=1S/C11H12N2O2S2/c1-4-6(2)10(14)12-8-9-7(5-16-17-9)13(3)11(8)15/h4-5H,1-3H3,(H,12,14). The van der Waals surface area contributed by atoms with Gasteiger partial charge in [0, 0.05) is 18.0 Å². The number of aromatic nitrogens is 1. The molecule has 17 heavy (non-hydrogen) atoms. The molecule has 0 radical (unpaired) electrons. The van der Waals surface area contributed by atoms with Crippen molar-refractivity contribution in [2.24, 2.45) is 7.05 Å². The van der Waals surface area contributed by atoms with Gasteiger partial charge in [-0.2, -0.15) is 0 Å². The molecule has 4 nitrogen and oxygen atoms in total. The molecule has 0 aromatic heterocycles. The van der Waals surface area contributed by atoms with Crippen molar-refractivity contribution in [2.45, 2.75) is 13.8 Å². The van der Waals surface area contributed by atoms with Crippen molar-refractivity contribution in [2.75, 3.05) is 5.32 Å². The molecule has 0 saturated heterocycles. The Hall–Kier alpha value is -1.40. The van der Waals surface area contributed by atoms with Gasteiger partial charge in [0.15, 0.2) is 0 Å². The minimum absolute atomic E-state index is 0.156. The van der Waals surface area contributed by atoms with Crippen LogP contribution in [0.25, 0.3) is 10.6 Å². The molecule has 1 amide bonds. The number of rotatable bonds is 2. The summed E-state index contributed by atoms with van der Waals surface area (Å²) in [7, 11) is 4.76. The van der Waals surface area contributed by atoms with E-state index in [0.717, 1.165) is 10.6 Å². The molecule has 0 saturated carbocycles. The second-order valence-electron chi connectivity index (χ2n) is 3.68. The molecule has 2 heterocycles. The summed E-state index contributed by atoms with van der Waals surface area (Å²) in [6.45, 7) is 3.51. The van der Waals surface area contributed by atoms with E-state index in [-0.39, 0.29) is 11.5 Å². The highest BCUT2D eigenvalue weighted by Crippen LogP contribution is 2.36. The molecule has 0 aliphatic carbocycles. The third-order valence-corrected chi connectivity index (χ3v) is 4.73. The topological polar surface area (TPSA) is 51.1 Å². The summed E-state index contributed by atoms with van der Waals surface area (Å²) in [5.74, 6) is -0.226. The maximum Gasteiger partial charge on any atom is 0.276 e. The van der Waals surface area contributed by atoms with Crippen molar-refractivity contribution in [1.29, 1.82) is 0 Å². The first-order valence-electron chi connectivity index (χ1n) is 5.06. The molecule has 1 N–H and O–H groups in total. The van der Waals surface area contributed by atoms with Gasteiger partial charge in [0.25, 0.3) is 11.5 Å². The Morgan fingerprint density at radius 1 is 1.53 bits per heavy atom. The Bertz CT molecular complexity index is 618. The first kappa shape index (κ1) is 12.1. The van der Waals surface area contributed by atoms with Crippen LogP contribution in [0.3, 0.4) is 0 Å². The molecular formula is C11H12N2O2S2. The predicted octanol–water partition coefficient (Wildman–Crippen LogP) is 2.52. The molecule has 0 fully saturated rings.